The van der Waals surface area contributed by atoms with Crippen LogP contribution in [0.15, 0.2) is 36.5 Å². The van der Waals surface area contributed by atoms with Crippen molar-refractivity contribution in [1.82, 2.24) is 15.2 Å². The summed E-state index contributed by atoms with van der Waals surface area (Å²) < 4.78 is 12.6. The summed E-state index contributed by atoms with van der Waals surface area (Å²) in [5, 5.41) is 2.60. The highest BCUT2D eigenvalue weighted by Crippen LogP contribution is 2.41. The maximum absolute atomic E-state index is 11.8. The van der Waals surface area contributed by atoms with Crippen molar-refractivity contribution in [2.24, 2.45) is 0 Å². The third-order valence-corrected chi connectivity index (χ3v) is 7.20. The van der Waals surface area contributed by atoms with E-state index in [0.29, 0.717) is 12.3 Å². The number of nitrogens with one attached hydrogen (secondary N) is 1. The number of ether oxygens (including phenoxy) is 2. The number of hydrogen-bond acceptors (Lipinski definition) is 5. The van der Waals surface area contributed by atoms with Crippen molar-refractivity contribution in [2.75, 3.05) is 20.1 Å². The molecule has 6 heteroatoms. The van der Waals surface area contributed by atoms with Crippen LogP contribution in [0.1, 0.15) is 60.1 Å². The number of likely N-dealkylation sites (tertiary alicyclic amines) is 1. The predicted molar refractivity (Wildman–Crippen MR) is 119 cm³/mol. The summed E-state index contributed by atoms with van der Waals surface area (Å²) in [5.41, 5.74) is 2.56. The minimum atomic E-state index is -0.194. The van der Waals surface area contributed by atoms with E-state index in [2.05, 4.69) is 27.3 Å². The van der Waals surface area contributed by atoms with Crippen molar-refractivity contribution >= 4 is 5.91 Å². The summed E-state index contributed by atoms with van der Waals surface area (Å²) in [5.74, 6) is 1.65. The lowest BCUT2D eigenvalue weighted by Crippen LogP contribution is -2.53. The number of aryl methyl sites for hydroxylation is 1. The molecular formula is C25H31N3O3. The molecule has 1 saturated carbocycles. The quantitative estimate of drug-likeness (QED) is 0.797. The first kappa shape index (κ1) is 20.3. The molecule has 1 spiro atoms. The van der Waals surface area contributed by atoms with Crippen molar-refractivity contribution in [2.45, 2.75) is 63.2 Å². The minimum absolute atomic E-state index is 0.0168. The van der Waals surface area contributed by atoms with Gasteiger partial charge in [0.05, 0.1) is 0 Å². The monoisotopic (exact) mass is 421 g/mol. The second-order valence-corrected chi connectivity index (χ2v) is 9.09. The molecule has 31 heavy (non-hydrogen) atoms. The topological polar surface area (TPSA) is 63.7 Å². The van der Waals surface area contributed by atoms with Gasteiger partial charge in [0.15, 0.2) is 0 Å². The minimum Gasteiger partial charge on any atom is -0.489 e. The Bertz CT molecular complexity index is 949. The molecule has 1 N–H and O–H groups in total. The number of amides is 1. The molecule has 1 aromatic heterocycles. The average molecular weight is 422 g/mol. The van der Waals surface area contributed by atoms with Crippen LogP contribution in [0.2, 0.25) is 0 Å². The maximum Gasteiger partial charge on any atom is 0.269 e. The summed E-state index contributed by atoms with van der Waals surface area (Å²) in [6.07, 6.45) is 10.2. The number of aromatic nitrogens is 1. The van der Waals surface area contributed by atoms with Gasteiger partial charge >= 0.3 is 0 Å². The SMILES string of the molecule is CNC(=O)c1cc(COc2ccc3c(c2)CCC2(CCN(C4CCC4)CC2)O3)ccn1. The van der Waals surface area contributed by atoms with Crippen molar-refractivity contribution in [3.63, 3.8) is 0 Å². The molecule has 0 bridgehead atoms. The molecule has 3 heterocycles. The van der Waals surface area contributed by atoms with Crippen LogP contribution in [0.25, 0.3) is 0 Å². The van der Waals surface area contributed by atoms with Crippen LogP contribution in [0.4, 0.5) is 0 Å². The number of benzene rings is 1. The first-order valence-electron chi connectivity index (χ1n) is 11.5. The second-order valence-electron chi connectivity index (χ2n) is 9.09. The van der Waals surface area contributed by atoms with Gasteiger partial charge in [-0.05, 0) is 80.0 Å². The molecule has 1 aliphatic carbocycles. The molecule has 2 aliphatic heterocycles. The largest absolute Gasteiger partial charge is 0.489 e. The van der Waals surface area contributed by atoms with Gasteiger partial charge in [0.25, 0.3) is 5.91 Å². The number of piperidine rings is 1. The smallest absolute Gasteiger partial charge is 0.269 e. The van der Waals surface area contributed by atoms with E-state index in [1.54, 1.807) is 19.3 Å². The van der Waals surface area contributed by atoms with E-state index < -0.39 is 0 Å². The molecule has 1 aromatic carbocycles. The molecular weight excluding hydrogens is 390 g/mol. The molecule has 0 radical (unpaired) electrons. The number of carbonyl (C=O) groups excluding carboxylic acids is 1. The van der Waals surface area contributed by atoms with E-state index in [4.69, 9.17) is 9.47 Å². The van der Waals surface area contributed by atoms with Gasteiger partial charge in [-0.25, -0.2) is 0 Å². The Hall–Kier alpha value is -2.60. The number of rotatable bonds is 5. The fraction of sp³-hybridized carbons (Fsp3) is 0.520. The molecule has 6 nitrogen and oxygen atoms in total. The lowest BCUT2D eigenvalue weighted by molar-refractivity contribution is -0.0337. The van der Waals surface area contributed by atoms with E-state index >= 15 is 0 Å². The average Bonchev–Trinajstić information content (AvgIpc) is 2.78. The number of fused-ring (bicyclic) bond motifs is 1. The highest BCUT2D eigenvalue weighted by atomic mass is 16.5. The van der Waals surface area contributed by atoms with E-state index in [9.17, 15) is 4.79 Å². The Balaban J connectivity index is 1.20. The van der Waals surface area contributed by atoms with Crippen molar-refractivity contribution in [3.8, 4) is 11.5 Å². The van der Waals surface area contributed by atoms with Gasteiger partial charge in [-0.3, -0.25) is 9.78 Å². The molecule has 2 fully saturated rings. The highest BCUT2D eigenvalue weighted by Gasteiger charge is 2.41. The van der Waals surface area contributed by atoms with Crippen molar-refractivity contribution < 1.29 is 14.3 Å². The van der Waals surface area contributed by atoms with E-state index in [-0.39, 0.29) is 11.5 Å². The van der Waals surface area contributed by atoms with Crippen molar-refractivity contribution in [3.05, 3.63) is 53.3 Å². The Labute approximate surface area is 183 Å². The van der Waals surface area contributed by atoms with Crippen LogP contribution < -0.4 is 14.8 Å². The Morgan fingerprint density at radius 1 is 1.23 bits per heavy atom. The molecule has 5 rings (SSSR count). The van der Waals surface area contributed by atoms with E-state index in [1.165, 1.54) is 37.9 Å². The fourth-order valence-electron chi connectivity index (χ4n) is 4.97. The summed E-state index contributed by atoms with van der Waals surface area (Å²) in [6, 6.07) is 10.6. The lowest BCUT2D eigenvalue weighted by atomic mass is 9.81. The van der Waals surface area contributed by atoms with Crippen LogP contribution in [0, 0.1) is 0 Å². The molecule has 164 valence electrons. The predicted octanol–water partition coefficient (Wildman–Crippen LogP) is 3.73. The van der Waals surface area contributed by atoms with Crippen molar-refractivity contribution in [1.29, 1.82) is 0 Å². The summed E-state index contributed by atoms with van der Waals surface area (Å²) in [4.78, 5) is 18.5. The number of hydrogen-bond donors (Lipinski definition) is 1. The third kappa shape index (κ3) is 4.26. The van der Waals surface area contributed by atoms with Crippen LogP contribution in [0.3, 0.4) is 0 Å². The highest BCUT2D eigenvalue weighted by molar-refractivity contribution is 5.92. The Kier molecular flexibility index (Phi) is 5.57. The molecule has 3 aliphatic rings. The second kappa shape index (κ2) is 8.50. The molecule has 0 unspecified atom stereocenters. The van der Waals surface area contributed by atoms with Crippen LogP contribution >= 0.6 is 0 Å². The lowest BCUT2D eigenvalue weighted by Gasteiger charge is -2.48. The van der Waals surface area contributed by atoms with Gasteiger partial charge in [-0.1, -0.05) is 6.42 Å². The summed E-state index contributed by atoms with van der Waals surface area (Å²) in [7, 11) is 1.60. The van der Waals surface area contributed by atoms with Crippen LogP contribution in [-0.2, 0) is 13.0 Å². The zero-order valence-corrected chi connectivity index (χ0v) is 18.2. The Morgan fingerprint density at radius 3 is 2.81 bits per heavy atom. The first-order valence-corrected chi connectivity index (χ1v) is 11.5. The fourth-order valence-corrected chi connectivity index (χ4v) is 4.97. The molecule has 2 aromatic rings. The van der Waals surface area contributed by atoms with Gasteiger partial charge in [0, 0.05) is 32.4 Å². The third-order valence-electron chi connectivity index (χ3n) is 7.20. The van der Waals surface area contributed by atoms with E-state index in [1.807, 2.05) is 12.1 Å². The summed E-state index contributed by atoms with van der Waals surface area (Å²) >= 11 is 0. The summed E-state index contributed by atoms with van der Waals surface area (Å²) in [6.45, 7) is 2.74. The van der Waals surface area contributed by atoms with Crippen LogP contribution in [-0.4, -0.2) is 47.6 Å². The maximum atomic E-state index is 11.8. The van der Waals surface area contributed by atoms with Gasteiger partial charge in [-0.15, -0.1) is 0 Å². The number of nitrogens with zero attached hydrogens (tertiary/aromatic N) is 2. The van der Waals surface area contributed by atoms with Gasteiger partial charge in [0.1, 0.15) is 29.4 Å². The molecule has 1 saturated heterocycles. The molecule has 0 atom stereocenters. The number of carbonyl (C=O) groups is 1. The van der Waals surface area contributed by atoms with E-state index in [0.717, 1.165) is 48.8 Å². The van der Waals surface area contributed by atoms with Gasteiger partial charge < -0.3 is 19.7 Å². The standard InChI is InChI=1S/C25H31N3O3/c1-26-24(29)22-15-18(8-12-27-22)17-30-21-5-6-23-19(16-21)7-9-25(31-23)10-13-28(14-11-25)20-3-2-4-20/h5-6,8,12,15-16,20H,2-4,7,9-11,13-14,17H2,1H3,(H,26,29). The first-order chi connectivity index (χ1) is 15.1. The molecule has 1 amide bonds. The normalized spacial score (nSPS) is 20.4. The van der Waals surface area contributed by atoms with Crippen LogP contribution in [0.5, 0.6) is 11.5 Å². The zero-order valence-electron chi connectivity index (χ0n) is 18.2. The van der Waals surface area contributed by atoms with Gasteiger partial charge in [-0.2, -0.15) is 0 Å². The van der Waals surface area contributed by atoms with Gasteiger partial charge in [0.2, 0.25) is 0 Å². The zero-order chi connectivity index (χ0) is 21.3. The Morgan fingerprint density at radius 2 is 2.06 bits per heavy atom. The number of pyridine rings is 1.